The topological polar surface area (TPSA) is 108 Å². The second-order valence-electron chi connectivity index (χ2n) is 9.92. The normalized spacial score (nSPS) is 25.9. The summed E-state index contributed by atoms with van der Waals surface area (Å²) in [7, 11) is 0. The summed E-state index contributed by atoms with van der Waals surface area (Å²) in [5.74, 6) is -1.81. The molecule has 1 aliphatic rings. The average Bonchev–Trinajstić information content (AvgIpc) is 3.10. The van der Waals surface area contributed by atoms with Crippen LogP contribution >= 0.6 is 23.2 Å². The molecule has 34 heavy (non-hydrogen) atoms. The summed E-state index contributed by atoms with van der Waals surface area (Å²) in [5, 5.41) is 25.3. The molecule has 1 fully saturated rings. The molecule has 2 aromatic carbocycles. The lowest BCUT2D eigenvalue weighted by molar-refractivity contribution is -0.123. The molecule has 1 heterocycles. The molecule has 1 aliphatic heterocycles. The summed E-state index contributed by atoms with van der Waals surface area (Å²) in [6, 6.07) is 10.4. The molecule has 6 nitrogen and oxygen atoms in total. The fourth-order valence-electron chi connectivity index (χ4n) is 4.91. The molecule has 9 heteroatoms. The number of carbonyl (C=O) groups excluding carboxylic acids is 1. The van der Waals surface area contributed by atoms with Gasteiger partial charge in [0.15, 0.2) is 0 Å². The van der Waals surface area contributed by atoms with Crippen molar-refractivity contribution < 1.29 is 19.4 Å². The fourth-order valence-corrected chi connectivity index (χ4v) is 5.22. The molecule has 0 bridgehead atoms. The molecule has 1 saturated heterocycles. The van der Waals surface area contributed by atoms with E-state index in [9.17, 15) is 9.90 Å². The van der Waals surface area contributed by atoms with Crippen molar-refractivity contribution in [3.05, 3.63) is 69.5 Å². The van der Waals surface area contributed by atoms with E-state index in [4.69, 9.17) is 34.0 Å². The van der Waals surface area contributed by atoms with Crippen molar-refractivity contribution >= 4 is 29.1 Å². The van der Waals surface area contributed by atoms with Crippen LogP contribution in [0.3, 0.4) is 0 Å². The van der Waals surface area contributed by atoms with Crippen LogP contribution in [0.2, 0.25) is 10.0 Å². The van der Waals surface area contributed by atoms with Gasteiger partial charge in [-0.1, -0.05) is 68.2 Å². The average molecular weight is 512 g/mol. The molecule has 0 spiro atoms. The number of aliphatic hydroxyl groups is 2. The largest absolute Gasteiger partial charge is 0.394 e. The van der Waals surface area contributed by atoms with E-state index in [-0.39, 0.29) is 29.5 Å². The van der Waals surface area contributed by atoms with Crippen LogP contribution in [0.5, 0.6) is 0 Å². The van der Waals surface area contributed by atoms with Gasteiger partial charge in [-0.3, -0.25) is 10.1 Å². The molecule has 0 unspecified atom stereocenters. The van der Waals surface area contributed by atoms with Crippen LogP contribution < -0.4 is 16.4 Å². The highest BCUT2D eigenvalue weighted by Crippen LogP contribution is 2.50. The Morgan fingerprint density at radius 3 is 2.47 bits per heavy atom. The summed E-state index contributed by atoms with van der Waals surface area (Å²) < 4.78 is 15.4. The first-order chi connectivity index (χ1) is 15.9. The van der Waals surface area contributed by atoms with E-state index in [1.807, 2.05) is 20.8 Å². The molecule has 2 aromatic rings. The molecular weight excluding hydrogens is 480 g/mol. The van der Waals surface area contributed by atoms with E-state index < -0.39 is 47.5 Å². The lowest BCUT2D eigenvalue weighted by Gasteiger charge is -2.43. The molecule has 0 aliphatic carbocycles. The Labute approximate surface area is 209 Å². The number of hydrogen-bond acceptors (Lipinski definition) is 5. The zero-order chi connectivity index (χ0) is 25.3. The van der Waals surface area contributed by atoms with Crippen LogP contribution in [0.15, 0.2) is 42.5 Å². The maximum Gasteiger partial charge on any atom is 0.237 e. The Kier molecular flexibility index (Phi) is 8.28. The summed E-state index contributed by atoms with van der Waals surface area (Å²) in [5.41, 5.74) is 6.55. The van der Waals surface area contributed by atoms with Gasteiger partial charge in [-0.15, -0.1) is 0 Å². The minimum absolute atomic E-state index is 0.0552. The highest BCUT2D eigenvalue weighted by Gasteiger charge is 2.59. The Balaban J connectivity index is 2.14. The van der Waals surface area contributed by atoms with Gasteiger partial charge in [0.25, 0.3) is 0 Å². The summed E-state index contributed by atoms with van der Waals surface area (Å²) >= 11 is 12.3. The molecule has 0 saturated carbocycles. The fraction of sp³-hybridized carbons (Fsp3) is 0.480. The number of hydrogen-bond donors (Lipinski definition) is 5. The molecule has 6 N–H and O–H groups in total. The Morgan fingerprint density at radius 1 is 1.24 bits per heavy atom. The van der Waals surface area contributed by atoms with Crippen molar-refractivity contribution in [2.75, 3.05) is 13.2 Å². The van der Waals surface area contributed by atoms with Gasteiger partial charge in [-0.2, -0.15) is 0 Å². The molecule has 0 aromatic heterocycles. The standard InChI is InChI=1S/C25H32Cl2FN3O3/c1-24(2,3)23-25(29,14-7-9-15(26)10-8-14)19(17-5-4-6-18(27)20(17)28)21(31-23)22(34)30-12-11-16(33)13-32/h4-10,16,19,21,23,31-33H,11-13,29H2,1-3H3,(H,30,34)/t16-,19-,21+,23-,25-/m0/s1. The molecule has 0 radical (unpaired) electrons. The third-order valence-corrected chi connectivity index (χ3v) is 7.01. The number of benzene rings is 2. The molecule has 1 amide bonds. The molecular formula is C25H32Cl2FN3O3. The van der Waals surface area contributed by atoms with Gasteiger partial charge in [0, 0.05) is 23.5 Å². The summed E-state index contributed by atoms with van der Waals surface area (Å²) in [6.07, 6.45) is -0.762. The van der Waals surface area contributed by atoms with Gasteiger partial charge in [0.2, 0.25) is 5.91 Å². The molecule has 186 valence electrons. The van der Waals surface area contributed by atoms with Crippen molar-refractivity contribution in [3.8, 4) is 0 Å². The first-order valence-electron chi connectivity index (χ1n) is 11.2. The highest BCUT2D eigenvalue weighted by atomic mass is 35.5. The van der Waals surface area contributed by atoms with E-state index in [1.165, 1.54) is 6.07 Å². The van der Waals surface area contributed by atoms with Gasteiger partial charge in [0.05, 0.1) is 29.3 Å². The highest BCUT2D eigenvalue weighted by molar-refractivity contribution is 6.31. The third kappa shape index (κ3) is 5.25. The summed E-state index contributed by atoms with van der Waals surface area (Å²) in [6.45, 7) is 5.76. The quantitative estimate of drug-likeness (QED) is 0.391. The zero-order valence-corrected chi connectivity index (χ0v) is 21.0. The van der Waals surface area contributed by atoms with E-state index in [0.29, 0.717) is 10.6 Å². The maximum absolute atomic E-state index is 15.4. The van der Waals surface area contributed by atoms with Gasteiger partial charge in [-0.05, 0) is 41.2 Å². The van der Waals surface area contributed by atoms with E-state index in [1.54, 1.807) is 36.4 Å². The van der Waals surface area contributed by atoms with Crippen molar-refractivity contribution in [3.63, 3.8) is 0 Å². The predicted octanol–water partition coefficient (Wildman–Crippen LogP) is 3.32. The Hall–Kier alpha value is -1.74. The monoisotopic (exact) mass is 511 g/mol. The number of carbonyl (C=O) groups is 1. The van der Waals surface area contributed by atoms with Crippen LogP contribution in [-0.2, 0) is 10.3 Å². The first kappa shape index (κ1) is 26.9. The maximum atomic E-state index is 15.4. The third-order valence-electron chi connectivity index (χ3n) is 6.47. The predicted molar refractivity (Wildman–Crippen MR) is 132 cm³/mol. The zero-order valence-electron chi connectivity index (χ0n) is 19.5. The van der Waals surface area contributed by atoms with Crippen LogP contribution in [-0.4, -0.2) is 47.5 Å². The van der Waals surface area contributed by atoms with Gasteiger partial charge in [0.1, 0.15) is 5.82 Å². The van der Waals surface area contributed by atoms with Crippen molar-refractivity contribution in [1.29, 1.82) is 0 Å². The molecule has 5 atom stereocenters. The Bertz CT molecular complexity index is 1020. The van der Waals surface area contributed by atoms with Crippen molar-refractivity contribution in [2.24, 2.45) is 11.1 Å². The summed E-state index contributed by atoms with van der Waals surface area (Å²) in [4.78, 5) is 13.4. The first-order valence-corrected chi connectivity index (χ1v) is 12.0. The van der Waals surface area contributed by atoms with Crippen LogP contribution in [0, 0.1) is 11.2 Å². The minimum atomic E-state index is -1.19. The number of nitrogens with two attached hydrogens (primary N) is 1. The van der Waals surface area contributed by atoms with E-state index in [0.717, 1.165) is 0 Å². The van der Waals surface area contributed by atoms with Crippen molar-refractivity contribution in [2.45, 2.75) is 56.8 Å². The number of amides is 1. The van der Waals surface area contributed by atoms with Crippen LogP contribution in [0.4, 0.5) is 4.39 Å². The van der Waals surface area contributed by atoms with Crippen LogP contribution in [0.25, 0.3) is 0 Å². The number of nitrogens with one attached hydrogen (secondary N) is 2. The van der Waals surface area contributed by atoms with Gasteiger partial charge >= 0.3 is 0 Å². The number of aliphatic hydroxyl groups excluding tert-OH is 2. The number of rotatable bonds is 7. The lowest BCUT2D eigenvalue weighted by Crippen LogP contribution is -2.56. The van der Waals surface area contributed by atoms with E-state index >= 15 is 4.39 Å². The smallest absolute Gasteiger partial charge is 0.237 e. The SMILES string of the molecule is CC(C)(C)[C@@H]1N[C@@H](C(=O)NCC[C@H](O)CO)[C@H](c2cccc(Cl)c2F)[C@@]1(N)c1ccc(Cl)cc1. The number of halogens is 3. The van der Waals surface area contributed by atoms with Crippen molar-refractivity contribution in [1.82, 2.24) is 10.6 Å². The van der Waals surface area contributed by atoms with Gasteiger partial charge in [-0.25, -0.2) is 4.39 Å². The second-order valence-corrected chi connectivity index (χ2v) is 10.8. The van der Waals surface area contributed by atoms with Crippen LogP contribution in [0.1, 0.15) is 44.2 Å². The minimum Gasteiger partial charge on any atom is -0.394 e. The Morgan fingerprint density at radius 2 is 1.88 bits per heavy atom. The second kappa shape index (κ2) is 10.5. The molecule has 3 rings (SSSR count). The van der Waals surface area contributed by atoms with E-state index in [2.05, 4.69) is 10.6 Å². The van der Waals surface area contributed by atoms with Gasteiger partial charge < -0.3 is 21.3 Å². The lowest BCUT2D eigenvalue weighted by atomic mass is 9.65.